The number of carbonyl (C=O) groups excluding carboxylic acids is 1. The number of likely N-dealkylation sites (tertiary alicyclic amines) is 1. The van der Waals surface area contributed by atoms with Crippen LogP contribution < -0.4 is 5.32 Å². The minimum atomic E-state index is -4.97. The van der Waals surface area contributed by atoms with Gasteiger partial charge in [-0.2, -0.15) is 26.3 Å². The molecule has 2 amide bonds. The van der Waals surface area contributed by atoms with Crippen molar-refractivity contribution >= 4 is 11.7 Å². The standard InChI is InChI=1S/C23H24F6N4O/c24-22(25,26)17-10-18(23(27,28)29)12-19(11-17)30-21(34)33-14-20(15-33)32-8-6-31(7-9-32)13-16-4-2-1-3-5-16/h1-5,10-12,20H,6-9,13-15H2,(H,30,34). The van der Waals surface area contributed by atoms with Crippen molar-refractivity contribution in [2.75, 3.05) is 44.6 Å². The average molecular weight is 486 g/mol. The topological polar surface area (TPSA) is 38.8 Å². The van der Waals surface area contributed by atoms with Crippen LogP contribution in [0.5, 0.6) is 0 Å². The van der Waals surface area contributed by atoms with Crippen molar-refractivity contribution < 1.29 is 31.1 Å². The summed E-state index contributed by atoms with van der Waals surface area (Å²) in [6.45, 7) is 5.02. The molecule has 1 N–H and O–H groups in total. The summed E-state index contributed by atoms with van der Waals surface area (Å²) in [5, 5.41) is 2.19. The Hall–Kier alpha value is -2.79. The normalized spacial score (nSPS) is 18.6. The summed E-state index contributed by atoms with van der Waals surface area (Å²) in [4.78, 5) is 18.4. The van der Waals surface area contributed by atoms with Crippen LogP contribution in [0.25, 0.3) is 0 Å². The zero-order valence-corrected chi connectivity index (χ0v) is 18.2. The van der Waals surface area contributed by atoms with Gasteiger partial charge >= 0.3 is 18.4 Å². The highest BCUT2D eigenvalue weighted by Crippen LogP contribution is 2.37. The lowest BCUT2D eigenvalue weighted by atomic mass is 10.1. The maximum absolute atomic E-state index is 13.0. The Bertz CT molecular complexity index is 965. The van der Waals surface area contributed by atoms with Gasteiger partial charge in [0.1, 0.15) is 0 Å². The Morgan fingerprint density at radius 1 is 0.853 bits per heavy atom. The summed E-state index contributed by atoms with van der Waals surface area (Å²) in [7, 11) is 0. The minimum Gasteiger partial charge on any atom is -0.321 e. The third-order valence-electron chi connectivity index (χ3n) is 6.16. The van der Waals surface area contributed by atoms with E-state index in [4.69, 9.17) is 0 Å². The van der Waals surface area contributed by atoms with Crippen LogP contribution in [0.1, 0.15) is 16.7 Å². The number of alkyl halides is 6. The number of urea groups is 1. The molecule has 4 rings (SSSR count). The van der Waals surface area contributed by atoms with Gasteiger partial charge in [0.15, 0.2) is 0 Å². The molecule has 0 saturated carbocycles. The zero-order valence-electron chi connectivity index (χ0n) is 18.2. The van der Waals surface area contributed by atoms with Gasteiger partial charge in [0.25, 0.3) is 0 Å². The molecule has 2 fully saturated rings. The molecule has 2 saturated heterocycles. The Kier molecular flexibility index (Phi) is 6.77. The molecular weight excluding hydrogens is 462 g/mol. The lowest BCUT2D eigenvalue weighted by Gasteiger charge is -2.48. The molecule has 2 heterocycles. The molecule has 5 nitrogen and oxygen atoms in total. The third-order valence-corrected chi connectivity index (χ3v) is 6.16. The average Bonchev–Trinajstić information content (AvgIpc) is 2.73. The Labute approximate surface area is 192 Å². The molecule has 2 aliphatic heterocycles. The molecule has 34 heavy (non-hydrogen) atoms. The van der Waals surface area contributed by atoms with Crippen molar-refractivity contribution in [3.05, 3.63) is 65.2 Å². The number of amides is 2. The van der Waals surface area contributed by atoms with Gasteiger partial charge in [-0.3, -0.25) is 9.80 Å². The highest BCUT2D eigenvalue weighted by molar-refractivity contribution is 5.90. The van der Waals surface area contributed by atoms with Gasteiger partial charge in [-0.05, 0) is 23.8 Å². The Morgan fingerprint density at radius 3 is 1.94 bits per heavy atom. The summed E-state index contributed by atoms with van der Waals surface area (Å²) in [6.07, 6.45) is -9.93. The number of halogens is 6. The number of piperazine rings is 1. The predicted molar refractivity (Wildman–Crippen MR) is 114 cm³/mol. The third kappa shape index (κ3) is 5.82. The van der Waals surface area contributed by atoms with E-state index in [1.165, 1.54) is 10.5 Å². The number of rotatable bonds is 4. The number of carbonyl (C=O) groups is 1. The Balaban J connectivity index is 1.29. The first kappa shape index (κ1) is 24.3. The smallest absolute Gasteiger partial charge is 0.321 e. The van der Waals surface area contributed by atoms with E-state index in [1.807, 2.05) is 18.2 Å². The van der Waals surface area contributed by atoms with E-state index >= 15 is 0 Å². The van der Waals surface area contributed by atoms with Crippen LogP contribution in [0.15, 0.2) is 48.5 Å². The monoisotopic (exact) mass is 486 g/mol. The van der Waals surface area contributed by atoms with E-state index in [-0.39, 0.29) is 12.1 Å². The molecule has 2 aromatic carbocycles. The fraction of sp³-hybridized carbons (Fsp3) is 0.435. The number of hydrogen-bond acceptors (Lipinski definition) is 3. The molecule has 0 unspecified atom stereocenters. The maximum atomic E-state index is 13.0. The molecule has 0 aliphatic carbocycles. The fourth-order valence-corrected chi connectivity index (χ4v) is 4.21. The first-order chi connectivity index (χ1) is 16.0. The van der Waals surface area contributed by atoms with Crippen LogP contribution in [-0.2, 0) is 18.9 Å². The van der Waals surface area contributed by atoms with E-state index in [0.29, 0.717) is 25.2 Å². The van der Waals surface area contributed by atoms with Crippen molar-refractivity contribution in [2.45, 2.75) is 24.9 Å². The van der Waals surface area contributed by atoms with Gasteiger partial charge < -0.3 is 10.2 Å². The van der Waals surface area contributed by atoms with E-state index in [9.17, 15) is 31.1 Å². The first-order valence-electron chi connectivity index (χ1n) is 10.8. The maximum Gasteiger partial charge on any atom is 0.416 e. The summed E-state index contributed by atoms with van der Waals surface area (Å²) in [5.74, 6) is 0. The highest BCUT2D eigenvalue weighted by Gasteiger charge is 2.39. The fourth-order valence-electron chi connectivity index (χ4n) is 4.21. The zero-order chi connectivity index (χ0) is 24.5. The van der Waals surface area contributed by atoms with Gasteiger partial charge in [-0.1, -0.05) is 30.3 Å². The second kappa shape index (κ2) is 9.46. The van der Waals surface area contributed by atoms with Gasteiger partial charge in [-0.15, -0.1) is 0 Å². The quantitative estimate of drug-likeness (QED) is 0.634. The number of benzene rings is 2. The summed E-state index contributed by atoms with van der Waals surface area (Å²) >= 11 is 0. The van der Waals surface area contributed by atoms with E-state index in [1.54, 1.807) is 0 Å². The van der Waals surface area contributed by atoms with Crippen molar-refractivity contribution in [3.63, 3.8) is 0 Å². The molecule has 0 atom stereocenters. The molecule has 0 spiro atoms. The molecular formula is C23H24F6N4O. The van der Waals surface area contributed by atoms with Crippen LogP contribution in [0.4, 0.5) is 36.8 Å². The van der Waals surface area contributed by atoms with Gasteiger partial charge in [0.2, 0.25) is 0 Å². The lowest BCUT2D eigenvalue weighted by molar-refractivity contribution is -0.143. The predicted octanol–water partition coefficient (Wildman–Crippen LogP) is 4.76. The van der Waals surface area contributed by atoms with Crippen molar-refractivity contribution in [3.8, 4) is 0 Å². The molecule has 11 heteroatoms. The molecule has 184 valence electrons. The molecule has 0 bridgehead atoms. The molecule has 2 aliphatic rings. The van der Waals surface area contributed by atoms with Crippen molar-refractivity contribution in [1.82, 2.24) is 14.7 Å². The largest absolute Gasteiger partial charge is 0.416 e. The number of nitrogens with zero attached hydrogens (tertiary/aromatic N) is 3. The van der Waals surface area contributed by atoms with Crippen LogP contribution >= 0.6 is 0 Å². The van der Waals surface area contributed by atoms with Crippen LogP contribution in [-0.4, -0.2) is 66.0 Å². The van der Waals surface area contributed by atoms with Crippen molar-refractivity contribution in [1.29, 1.82) is 0 Å². The number of anilines is 1. The summed E-state index contributed by atoms with van der Waals surface area (Å²) in [6, 6.07) is 10.6. The van der Waals surface area contributed by atoms with Crippen LogP contribution in [0.3, 0.4) is 0 Å². The summed E-state index contributed by atoms with van der Waals surface area (Å²) < 4.78 is 78.1. The van der Waals surface area contributed by atoms with Crippen LogP contribution in [0.2, 0.25) is 0 Å². The molecule has 0 aromatic heterocycles. The molecule has 0 radical (unpaired) electrons. The minimum absolute atomic E-state index is 0.0345. The highest BCUT2D eigenvalue weighted by atomic mass is 19.4. The Morgan fingerprint density at radius 2 is 1.41 bits per heavy atom. The summed E-state index contributed by atoms with van der Waals surface area (Å²) in [5.41, 5.74) is -2.23. The number of nitrogens with one attached hydrogen (secondary N) is 1. The van der Waals surface area contributed by atoms with Gasteiger partial charge in [0, 0.05) is 57.5 Å². The van der Waals surface area contributed by atoms with Crippen LogP contribution in [0, 0.1) is 0 Å². The van der Waals surface area contributed by atoms with E-state index in [0.717, 1.165) is 32.7 Å². The first-order valence-corrected chi connectivity index (χ1v) is 10.8. The SMILES string of the molecule is O=C(Nc1cc(C(F)(F)F)cc(C(F)(F)F)c1)N1CC(N2CCN(Cc3ccccc3)CC2)C1. The number of hydrogen-bond donors (Lipinski definition) is 1. The van der Waals surface area contributed by atoms with E-state index in [2.05, 4.69) is 27.2 Å². The lowest BCUT2D eigenvalue weighted by Crippen LogP contribution is -2.64. The van der Waals surface area contributed by atoms with E-state index < -0.39 is 35.2 Å². The van der Waals surface area contributed by atoms with Crippen molar-refractivity contribution in [2.24, 2.45) is 0 Å². The second-order valence-electron chi connectivity index (χ2n) is 8.58. The molecule has 2 aromatic rings. The van der Waals surface area contributed by atoms with Gasteiger partial charge in [0.05, 0.1) is 11.1 Å². The van der Waals surface area contributed by atoms with Gasteiger partial charge in [-0.25, -0.2) is 4.79 Å². The second-order valence-corrected chi connectivity index (χ2v) is 8.58.